The average molecular weight is 723 g/mol. The second kappa shape index (κ2) is 39.6. The Morgan fingerprint density at radius 2 is 0.647 bits per heavy atom. The van der Waals surface area contributed by atoms with Crippen LogP contribution in [0, 0.1) is 5.92 Å². The molecule has 0 heterocycles. The van der Waals surface area contributed by atoms with Gasteiger partial charge in [0.25, 0.3) is 0 Å². The normalized spacial score (nSPS) is 11.9. The Labute approximate surface area is 317 Å². The van der Waals surface area contributed by atoms with Crippen molar-refractivity contribution in [3.8, 4) is 0 Å². The molecule has 6 nitrogen and oxygen atoms in total. The molecule has 0 saturated heterocycles. The second-order valence-corrected chi connectivity index (χ2v) is 15.8. The number of unbranched alkanes of at least 4 members (excludes halogenated alkanes) is 27. The van der Waals surface area contributed by atoms with E-state index in [4.69, 9.17) is 14.2 Å². The number of carbonyl (C=O) groups excluding carboxylic acids is 3. The third-order valence-corrected chi connectivity index (χ3v) is 10.0. The van der Waals surface area contributed by atoms with Gasteiger partial charge in [0.05, 0.1) is 0 Å². The lowest BCUT2D eigenvalue weighted by atomic mass is 10.0. The fourth-order valence-electron chi connectivity index (χ4n) is 6.63. The summed E-state index contributed by atoms with van der Waals surface area (Å²) in [5, 5.41) is 0. The maximum absolute atomic E-state index is 12.7. The van der Waals surface area contributed by atoms with Gasteiger partial charge >= 0.3 is 17.9 Å². The van der Waals surface area contributed by atoms with E-state index in [1.807, 2.05) is 0 Å². The fraction of sp³-hybridized carbons (Fsp3) is 0.933. The highest BCUT2D eigenvalue weighted by Crippen LogP contribution is 2.16. The van der Waals surface area contributed by atoms with Crippen LogP contribution < -0.4 is 0 Å². The summed E-state index contributed by atoms with van der Waals surface area (Å²) in [6, 6.07) is 0. The van der Waals surface area contributed by atoms with Gasteiger partial charge in [-0.05, 0) is 25.2 Å². The fourth-order valence-corrected chi connectivity index (χ4v) is 6.63. The molecule has 0 spiro atoms. The van der Waals surface area contributed by atoms with E-state index >= 15 is 0 Å². The molecule has 51 heavy (non-hydrogen) atoms. The number of esters is 3. The molecule has 0 aliphatic rings. The van der Waals surface area contributed by atoms with E-state index in [1.54, 1.807) is 0 Å². The van der Waals surface area contributed by atoms with Crippen LogP contribution in [0.1, 0.15) is 246 Å². The van der Waals surface area contributed by atoms with Crippen LogP contribution in [0.25, 0.3) is 0 Å². The molecule has 0 saturated carbocycles. The predicted octanol–water partition coefficient (Wildman–Crippen LogP) is 13.9. The van der Waals surface area contributed by atoms with E-state index in [9.17, 15) is 14.4 Å². The summed E-state index contributed by atoms with van der Waals surface area (Å²) in [7, 11) is 0. The molecule has 0 rings (SSSR count). The zero-order valence-corrected chi connectivity index (χ0v) is 34.6. The van der Waals surface area contributed by atoms with E-state index in [2.05, 4.69) is 27.7 Å². The van der Waals surface area contributed by atoms with Crippen molar-refractivity contribution in [2.45, 2.75) is 252 Å². The summed E-state index contributed by atoms with van der Waals surface area (Å²) >= 11 is 0. The molecule has 0 aliphatic heterocycles. The summed E-state index contributed by atoms with van der Waals surface area (Å²) < 4.78 is 16.7. The van der Waals surface area contributed by atoms with Gasteiger partial charge in [-0.15, -0.1) is 0 Å². The van der Waals surface area contributed by atoms with Gasteiger partial charge in [-0.1, -0.05) is 207 Å². The maximum atomic E-state index is 12.7. The number of hydrogen-bond acceptors (Lipinski definition) is 6. The minimum Gasteiger partial charge on any atom is -0.462 e. The molecule has 0 aromatic rings. The van der Waals surface area contributed by atoms with E-state index in [-0.39, 0.29) is 31.1 Å². The van der Waals surface area contributed by atoms with Crippen LogP contribution in [0.3, 0.4) is 0 Å². The summed E-state index contributed by atoms with van der Waals surface area (Å²) in [5.74, 6) is -0.0767. The molecular formula is C45H86O6. The van der Waals surface area contributed by atoms with Crippen LogP contribution in [-0.4, -0.2) is 37.2 Å². The quantitative estimate of drug-likeness (QED) is 0.0356. The van der Waals surface area contributed by atoms with E-state index in [1.165, 1.54) is 141 Å². The molecular weight excluding hydrogens is 636 g/mol. The smallest absolute Gasteiger partial charge is 0.306 e. The number of ether oxygens (including phenoxy) is 3. The molecule has 0 aromatic carbocycles. The Balaban J connectivity index is 4.33. The summed E-state index contributed by atoms with van der Waals surface area (Å²) in [4.78, 5) is 37.6. The maximum Gasteiger partial charge on any atom is 0.306 e. The molecule has 0 N–H and O–H groups in total. The second-order valence-electron chi connectivity index (χ2n) is 15.8. The highest BCUT2D eigenvalue weighted by molar-refractivity contribution is 5.71. The molecule has 0 bridgehead atoms. The first-order chi connectivity index (χ1) is 24.9. The van der Waals surface area contributed by atoms with Gasteiger partial charge in [0, 0.05) is 19.3 Å². The number of hydrogen-bond donors (Lipinski definition) is 0. The van der Waals surface area contributed by atoms with Gasteiger partial charge < -0.3 is 14.2 Å². The zero-order valence-electron chi connectivity index (χ0n) is 34.6. The van der Waals surface area contributed by atoms with Crippen molar-refractivity contribution in [1.82, 2.24) is 0 Å². The molecule has 0 radical (unpaired) electrons. The molecule has 6 heteroatoms. The lowest BCUT2D eigenvalue weighted by molar-refractivity contribution is -0.167. The van der Waals surface area contributed by atoms with Gasteiger partial charge in [0.2, 0.25) is 0 Å². The monoisotopic (exact) mass is 723 g/mol. The number of carbonyl (C=O) groups is 3. The Kier molecular flexibility index (Phi) is 38.4. The largest absolute Gasteiger partial charge is 0.462 e. The van der Waals surface area contributed by atoms with Crippen molar-refractivity contribution in [1.29, 1.82) is 0 Å². The molecule has 0 aliphatic carbocycles. The zero-order chi connectivity index (χ0) is 37.5. The van der Waals surface area contributed by atoms with Crippen molar-refractivity contribution in [2.24, 2.45) is 5.92 Å². The van der Waals surface area contributed by atoms with Crippen molar-refractivity contribution in [2.75, 3.05) is 13.2 Å². The summed E-state index contributed by atoms with van der Waals surface area (Å²) in [5.41, 5.74) is 0. The highest BCUT2D eigenvalue weighted by atomic mass is 16.6. The van der Waals surface area contributed by atoms with Crippen LogP contribution in [0.4, 0.5) is 0 Å². The first-order valence-corrected chi connectivity index (χ1v) is 22.4. The predicted molar refractivity (Wildman–Crippen MR) is 215 cm³/mol. The Morgan fingerprint density at radius 1 is 0.373 bits per heavy atom. The van der Waals surface area contributed by atoms with Crippen molar-refractivity contribution in [3.63, 3.8) is 0 Å². The minimum atomic E-state index is -0.758. The van der Waals surface area contributed by atoms with Crippen LogP contribution in [0.15, 0.2) is 0 Å². The molecule has 0 unspecified atom stereocenters. The molecule has 0 amide bonds. The topological polar surface area (TPSA) is 78.9 Å². The minimum absolute atomic E-state index is 0.0643. The van der Waals surface area contributed by atoms with Gasteiger partial charge in [0.15, 0.2) is 6.10 Å². The lowest BCUT2D eigenvalue weighted by Gasteiger charge is -2.18. The SMILES string of the molecule is CCCCCCCCCCCCCCC(=O)OC[C@@H](COC(=O)CCCCCCCCCC(C)C)OC(=O)CCCCCCCCCCCCC. The van der Waals surface area contributed by atoms with E-state index < -0.39 is 6.10 Å². The van der Waals surface area contributed by atoms with Gasteiger partial charge in [-0.2, -0.15) is 0 Å². The first-order valence-electron chi connectivity index (χ1n) is 22.4. The van der Waals surface area contributed by atoms with Crippen molar-refractivity contribution in [3.05, 3.63) is 0 Å². The number of rotatable bonds is 40. The van der Waals surface area contributed by atoms with E-state index in [0.717, 1.165) is 63.7 Å². The standard InChI is InChI=1S/C45H86O6/c1-5-7-9-11-13-15-17-19-20-24-28-32-36-43(46)49-39-42(40-50-44(47)37-33-29-26-22-23-27-31-35-41(3)4)51-45(48)38-34-30-25-21-18-16-14-12-10-8-6-2/h41-42H,5-40H2,1-4H3/t42-/m0/s1. The third kappa shape index (κ3) is 39.5. The lowest BCUT2D eigenvalue weighted by Crippen LogP contribution is -2.30. The summed E-state index contributed by atoms with van der Waals surface area (Å²) in [6.07, 6.45) is 38.0. The van der Waals surface area contributed by atoms with Crippen LogP contribution in [0.5, 0.6) is 0 Å². The van der Waals surface area contributed by atoms with Gasteiger partial charge in [-0.25, -0.2) is 0 Å². The third-order valence-electron chi connectivity index (χ3n) is 10.0. The molecule has 1 atom stereocenters. The van der Waals surface area contributed by atoms with Gasteiger partial charge in [0.1, 0.15) is 13.2 Å². The molecule has 0 aromatic heterocycles. The van der Waals surface area contributed by atoms with Crippen LogP contribution in [0.2, 0.25) is 0 Å². The van der Waals surface area contributed by atoms with E-state index in [0.29, 0.717) is 19.3 Å². The van der Waals surface area contributed by atoms with Crippen LogP contribution >= 0.6 is 0 Å². The van der Waals surface area contributed by atoms with Crippen LogP contribution in [-0.2, 0) is 28.6 Å². The molecule has 302 valence electrons. The Bertz CT molecular complexity index is 766. The van der Waals surface area contributed by atoms with Gasteiger partial charge in [-0.3, -0.25) is 14.4 Å². The summed E-state index contributed by atoms with van der Waals surface area (Å²) in [6.45, 7) is 8.93. The highest BCUT2D eigenvalue weighted by Gasteiger charge is 2.19. The molecule has 0 fully saturated rings. The Morgan fingerprint density at radius 3 is 0.961 bits per heavy atom. The van der Waals surface area contributed by atoms with Crippen molar-refractivity contribution >= 4 is 17.9 Å². The average Bonchev–Trinajstić information content (AvgIpc) is 3.11. The Hall–Kier alpha value is -1.59. The first kappa shape index (κ1) is 49.4. The van der Waals surface area contributed by atoms with Crippen molar-refractivity contribution < 1.29 is 28.6 Å².